The minimum atomic E-state index is -3.66. The van der Waals surface area contributed by atoms with Crippen molar-refractivity contribution in [3.8, 4) is 5.75 Å². The predicted molar refractivity (Wildman–Crippen MR) is 83.1 cm³/mol. The van der Waals surface area contributed by atoms with E-state index in [9.17, 15) is 8.42 Å². The molecule has 0 aliphatic carbocycles. The summed E-state index contributed by atoms with van der Waals surface area (Å²) in [6.45, 7) is 4.69. The van der Waals surface area contributed by atoms with Gasteiger partial charge in [0, 0.05) is 10.7 Å². The molecule has 0 amide bonds. The average molecular weight is 319 g/mol. The number of benzene rings is 1. The van der Waals surface area contributed by atoms with Gasteiger partial charge in [0.15, 0.2) is 0 Å². The summed E-state index contributed by atoms with van der Waals surface area (Å²) in [5, 5.41) is 0. The van der Waals surface area contributed by atoms with Crippen LogP contribution in [-0.4, -0.2) is 15.0 Å². The third-order valence-electron chi connectivity index (χ3n) is 3.18. The molecule has 3 nitrogen and oxygen atoms in total. The lowest BCUT2D eigenvalue weighted by Gasteiger charge is -2.09. The van der Waals surface area contributed by atoms with Crippen LogP contribution in [0.2, 0.25) is 0 Å². The monoisotopic (exact) mass is 318 g/mol. The molecule has 1 aromatic rings. The zero-order valence-corrected chi connectivity index (χ0v) is 13.8. The van der Waals surface area contributed by atoms with E-state index in [0.717, 1.165) is 17.7 Å². The van der Waals surface area contributed by atoms with Gasteiger partial charge in [0.1, 0.15) is 5.75 Å². The van der Waals surface area contributed by atoms with Crippen LogP contribution in [0, 0.1) is 6.92 Å². The van der Waals surface area contributed by atoms with Crippen LogP contribution in [0.15, 0.2) is 23.1 Å². The van der Waals surface area contributed by atoms with E-state index < -0.39 is 9.05 Å². The number of aryl methyl sites for hydroxylation is 1. The van der Waals surface area contributed by atoms with Crippen molar-refractivity contribution in [2.75, 3.05) is 6.61 Å². The molecule has 114 valence electrons. The highest BCUT2D eigenvalue weighted by Gasteiger charge is 2.11. The van der Waals surface area contributed by atoms with Gasteiger partial charge in [0.2, 0.25) is 0 Å². The first-order chi connectivity index (χ1) is 9.45. The highest BCUT2D eigenvalue weighted by Crippen LogP contribution is 2.24. The molecule has 0 aromatic heterocycles. The predicted octanol–water partition coefficient (Wildman–Crippen LogP) is 4.66. The van der Waals surface area contributed by atoms with Gasteiger partial charge >= 0.3 is 0 Å². The second kappa shape index (κ2) is 8.53. The molecule has 0 heterocycles. The van der Waals surface area contributed by atoms with E-state index in [2.05, 4.69) is 6.92 Å². The van der Waals surface area contributed by atoms with Gasteiger partial charge < -0.3 is 4.74 Å². The van der Waals surface area contributed by atoms with Gasteiger partial charge in [0.25, 0.3) is 9.05 Å². The summed E-state index contributed by atoms with van der Waals surface area (Å²) in [7, 11) is 1.64. The fourth-order valence-electron chi connectivity index (χ4n) is 2.00. The first kappa shape index (κ1) is 17.3. The summed E-state index contributed by atoms with van der Waals surface area (Å²) in [6.07, 6.45) is 7.29. The summed E-state index contributed by atoms with van der Waals surface area (Å²) < 4.78 is 28.1. The third-order valence-corrected chi connectivity index (χ3v) is 4.53. The van der Waals surface area contributed by atoms with E-state index in [1.54, 1.807) is 12.1 Å². The lowest BCUT2D eigenvalue weighted by atomic mass is 10.1. The molecule has 0 unspecified atom stereocenters. The van der Waals surface area contributed by atoms with E-state index >= 15 is 0 Å². The molecule has 5 heteroatoms. The molecule has 0 fully saturated rings. The number of ether oxygens (including phenoxy) is 1. The Hall–Kier alpha value is -0.740. The average Bonchev–Trinajstić information content (AvgIpc) is 2.38. The van der Waals surface area contributed by atoms with Crippen molar-refractivity contribution in [2.24, 2.45) is 0 Å². The van der Waals surface area contributed by atoms with E-state index in [1.807, 2.05) is 6.92 Å². The maximum atomic E-state index is 11.2. The Labute approximate surface area is 126 Å². The van der Waals surface area contributed by atoms with Crippen LogP contribution in [0.4, 0.5) is 0 Å². The van der Waals surface area contributed by atoms with Crippen LogP contribution in [0.5, 0.6) is 5.75 Å². The van der Waals surface area contributed by atoms with Gasteiger partial charge in [0.05, 0.1) is 11.5 Å². The molecule has 0 saturated carbocycles. The summed E-state index contributed by atoms with van der Waals surface area (Å²) in [5.74, 6) is 0.725. The van der Waals surface area contributed by atoms with Crippen LogP contribution in [0.3, 0.4) is 0 Å². The Balaban J connectivity index is 2.38. The molecule has 0 N–H and O–H groups in total. The molecule has 1 rings (SSSR count). The normalized spacial score (nSPS) is 11.6. The molecular formula is C15H23ClO3S. The molecule has 0 aliphatic heterocycles. The van der Waals surface area contributed by atoms with Crippen LogP contribution in [0.1, 0.15) is 51.0 Å². The van der Waals surface area contributed by atoms with Crippen molar-refractivity contribution in [3.63, 3.8) is 0 Å². The van der Waals surface area contributed by atoms with Crippen molar-refractivity contribution < 1.29 is 13.2 Å². The SMILES string of the molecule is CCCCCCCCOc1ccc(S(=O)(=O)Cl)cc1C. The standard InChI is InChI=1S/C15H23ClO3S/c1-3-4-5-6-7-8-11-19-15-10-9-14(12-13(15)2)20(16,17)18/h9-10,12H,3-8,11H2,1-2H3. The maximum absolute atomic E-state index is 11.2. The highest BCUT2D eigenvalue weighted by molar-refractivity contribution is 8.13. The zero-order chi connectivity index (χ0) is 15.0. The van der Waals surface area contributed by atoms with E-state index in [-0.39, 0.29) is 4.90 Å². The second-order valence-corrected chi connectivity index (χ2v) is 7.55. The van der Waals surface area contributed by atoms with Gasteiger partial charge in [-0.25, -0.2) is 8.42 Å². The van der Waals surface area contributed by atoms with E-state index in [1.165, 1.54) is 38.2 Å². The molecule has 1 aromatic carbocycles. The van der Waals surface area contributed by atoms with Gasteiger partial charge in [-0.15, -0.1) is 0 Å². The number of hydrogen-bond acceptors (Lipinski definition) is 3. The summed E-state index contributed by atoms with van der Waals surface area (Å²) in [6, 6.07) is 4.69. The van der Waals surface area contributed by atoms with Crippen LogP contribution in [-0.2, 0) is 9.05 Å². The Morgan fingerprint density at radius 2 is 1.75 bits per heavy atom. The minimum Gasteiger partial charge on any atom is -0.493 e. The first-order valence-electron chi connectivity index (χ1n) is 7.13. The van der Waals surface area contributed by atoms with Crippen LogP contribution < -0.4 is 4.74 Å². The van der Waals surface area contributed by atoms with Crippen molar-refractivity contribution in [1.82, 2.24) is 0 Å². The Morgan fingerprint density at radius 3 is 2.35 bits per heavy atom. The Bertz CT molecular complexity index is 512. The highest BCUT2D eigenvalue weighted by atomic mass is 35.7. The number of unbranched alkanes of at least 4 members (excludes halogenated alkanes) is 5. The quantitative estimate of drug-likeness (QED) is 0.491. The van der Waals surface area contributed by atoms with Crippen molar-refractivity contribution in [1.29, 1.82) is 0 Å². The molecule has 0 bridgehead atoms. The zero-order valence-electron chi connectivity index (χ0n) is 12.2. The topological polar surface area (TPSA) is 43.4 Å². The van der Waals surface area contributed by atoms with Crippen molar-refractivity contribution >= 4 is 19.7 Å². The summed E-state index contributed by atoms with van der Waals surface area (Å²) in [4.78, 5) is 0.114. The van der Waals surface area contributed by atoms with Gasteiger partial charge in [-0.05, 0) is 37.1 Å². The fraction of sp³-hybridized carbons (Fsp3) is 0.600. The van der Waals surface area contributed by atoms with E-state index in [0.29, 0.717) is 6.61 Å². The second-order valence-electron chi connectivity index (χ2n) is 4.98. The van der Waals surface area contributed by atoms with Gasteiger partial charge in [-0.2, -0.15) is 0 Å². The lowest BCUT2D eigenvalue weighted by molar-refractivity contribution is 0.302. The molecule has 0 atom stereocenters. The molecule has 0 radical (unpaired) electrons. The van der Waals surface area contributed by atoms with Crippen LogP contribution in [0.25, 0.3) is 0 Å². The largest absolute Gasteiger partial charge is 0.493 e. The lowest BCUT2D eigenvalue weighted by Crippen LogP contribution is -2.00. The number of rotatable bonds is 9. The van der Waals surface area contributed by atoms with Gasteiger partial charge in [-0.3, -0.25) is 0 Å². The minimum absolute atomic E-state index is 0.114. The third kappa shape index (κ3) is 6.14. The maximum Gasteiger partial charge on any atom is 0.261 e. The number of halogens is 1. The summed E-state index contributed by atoms with van der Waals surface area (Å²) in [5.41, 5.74) is 0.790. The number of hydrogen-bond donors (Lipinski definition) is 0. The molecule has 0 saturated heterocycles. The van der Waals surface area contributed by atoms with E-state index in [4.69, 9.17) is 15.4 Å². The molecule has 0 aliphatic rings. The molecule has 20 heavy (non-hydrogen) atoms. The Morgan fingerprint density at radius 1 is 1.10 bits per heavy atom. The first-order valence-corrected chi connectivity index (χ1v) is 9.44. The van der Waals surface area contributed by atoms with Crippen molar-refractivity contribution in [2.45, 2.75) is 57.3 Å². The van der Waals surface area contributed by atoms with Gasteiger partial charge in [-0.1, -0.05) is 39.0 Å². The fourth-order valence-corrected chi connectivity index (χ4v) is 2.84. The summed E-state index contributed by atoms with van der Waals surface area (Å²) >= 11 is 0. The smallest absolute Gasteiger partial charge is 0.261 e. The van der Waals surface area contributed by atoms with Crippen molar-refractivity contribution in [3.05, 3.63) is 23.8 Å². The molecular weight excluding hydrogens is 296 g/mol. The van der Waals surface area contributed by atoms with Crippen LogP contribution >= 0.6 is 10.7 Å². The molecule has 0 spiro atoms. The Kier molecular flexibility index (Phi) is 7.38.